The molecule has 1 unspecified atom stereocenters. The van der Waals surface area contributed by atoms with Gasteiger partial charge in [-0.15, -0.1) is 0 Å². The van der Waals surface area contributed by atoms with Crippen molar-refractivity contribution in [2.75, 3.05) is 13.2 Å². The molecule has 1 aromatic carbocycles. The molecule has 3 rings (SSSR count). The molecule has 1 amide bonds. The molecule has 1 fully saturated rings. The highest BCUT2D eigenvalue weighted by Crippen LogP contribution is 2.31. The van der Waals surface area contributed by atoms with Gasteiger partial charge in [0, 0.05) is 19.2 Å². The number of amides is 1. The Morgan fingerprint density at radius 3 is 2.63 bits per heavy atom. The van der Waals surface area contributed by atoms with Gasteiger partial charge in [0.25, 0.3) is 0 Å². The number of carbonyl (C=O) groups excluding carboxylic acids is 1. The Bertz CT molecular complexity index is 735. The number of likely N-dealkylation sites (tertiary alicyclic amines) is 1. The van der Waals surface area contributed by atoms with Crippen molar-refractivity contribution in [1.82, 2.24) is 9.88 Å². The van der Waals surface area contributed by atoms with Crippen molar-refractivity contribution in [3.05, 3.63) is 59.9 Å². The van der Waals surface area contributed by atoms with Crippen LogP contribution in [0.2, 0.25) is 0 Å². The van der Waals surface area contributed by atoms with Crippen LogP contribution in [0.25, 0.3) is 0 Å². The lowest BCUT2D eigenvalue weighted by Crippen LogP contribution is -2.31. The standard InChI is InChI=1S/C23H30N2O2/c1-23(2,3)18-11-13-19(14-12-18)27-17-7-10-22(26)25-16-6-9-21(25)20-8-4-5-15-24-20/h4-5,8,11-15,21H,6-7,9-10,16-17H2,1-3H3. The SMILES string of the molecule is CC(C)(C)c1ccc(OCCCC(=O)N2CCCC2c2ccccn2)cc1. The smallest absolute Gasteiger partial charge is 0.223 e. The molecule has 0 spiro atoms. The average molecular weight is 367 g/mol. The van der Waals surface area contributed by atoms with Crippen molar-refractivity contribution in [2.24, 2.45) is 0 Å². The Hall–Kier alpha value is -2.36. The number of pyridine rings is 1. The van der Waals surface area contributed by atoms with Crippen LogP contribution in [0.1, 0.15) is 63.8 Å². The van der Waals surface area contributed by atoms with Crippen LogP contribution in [-0.4, -0.2) is 28.9 Å². The Kier molecular flexibility index (Phi) is 6.15. The van der Waals surface area contributed by atoms with E-state index in [1.165, 1.54) is 5.56 Å². The van der Waals surface area contributed by atoms with E-state index in [1.54, 1.807) is 6.20 Å². The number of hydrogen-bond acceptors (Lipinski definition) is 3. The van der Waals surface area contributed by atoms with Gasteiger partial charge in [-0.25, -0.2) is 0 Å². The zero-order chi connectivity index (χ0) is 19.3. The van der Waals surface area contributed by atoms with Crippen molar-refractivity contribution >= 4 is 5.91 Å². The monoisotopic (exact) mass is 366 g/mol. The van der Waals surface area contributed by atoms with Crippen molar-refractivity contribution in [1.29, 1.82) is 0 Å². The van der Waals surface area contributed by atoms with E-state index < -0.39 is 0 Å². The van der Waals surface area contributed by atoms with Crippen LogP contribution in [0.15, 0.2) is 48.7 Å². The highest BCUT2D eigenvalue weighted by atomic mass is 16.5. The van der Waals surface area contributed by atoms with Crippen molar-refractivity contribution in [2.45, 2.75) is 57.9 Å². The van der Waals surface area contributed by atoms with E-state index in [1.807, 2.05) is 35.2 Å². The van der Waals surface area contributed by atoms with Gasteiger partial charge < -0.3 is 9.64 Å². The molecule has 0 radical (unpaired) electrons. The number of rotatable bonds is 6. The van der Waals surface area contributed by atoms with Crippen LogP contribution in [-0.2, 0) is 10.2 Å². The van der Waals surface area contributed by atoms with Gasteiger partial charge in [0.2, 0.25) is 5.91 Å². The molecule has 1 aromatic heterocycles. The molecular formula is C23H30N2O2. The van der Waals surface area contributed by atoms with Crippen molar-refractivity contribution < 1.29 is 9.53 Å². The molecule has 1 aliphatic rings. The quantitative estimate of drug-likeness (QED) is 0.683. The van der Waals surface area contributed by atoms with Crippen molar-refractivity contribution in [3.8, 4) is 5.75 Å². The Balaban J connectivity index is 1.45. The van der Waals surface area contributed by atoms with Gasteiger partial charge in [-0.1, -0.05) is 39.0 Å². The summed E-state index contributed by atoms with van der Waals surface area (Å²) in [6, 6.07) is 14.3. The molecule has 2 heterocycles. The molecule has 27 heavy (non-hydrogen) atoms. The third-order valence-corrected chi connectivity index (χ3v) is 5.13. The molecule has 144 valence electrons. The van der Waals surface area contributed by atoms with Gasteiger partial charge in [-0.2, -0.15) is 0 Å². The second-order valence-electron chi connectivity index (χ2n) is 8.23. The lowest BCUT2D eigenvalue weighted by atomic mass is 9.87. The Labute approximate surface area is 162 Å². The Morgan fingerprint density at radius 1 is 1.19 bits per heavy atom. The van der Waals surface area contributed by atoms with E-state index in [0.717, 1.165) is 37.3 Å². The highest BCUT2D eigenvalue weighted by molar-refractivity contribution is 5.77. The van der Waals surface area contributed by atoms with Crippen LogP contribution >= 0.6 is 0 Å². The molecule has 4 heteroatoms. The number of benzene rings is 1. The third-order valence-electron chi connectivity index (χ3n) is 5.13. The topological polar surface area (TPSA) is 42.4 Å². The fraction of sp³-hybridized carbons (Fsp3) is 0.478. The molecule has 0 N–H and O–H groups in total. The number of aromatic nitrogens is 1. The highest BCUT2D eigenvalue weighted by Gasteiger charge is 2.30. The minimum absolute atomic E-state index is 0.129. The molecule has 0 bridgehead atoms. The average Bonchev–Trinajstić information content (AvgIpc) is 3.15. The normalized spacial score (nSPS) is 17.1. The van der Waals surface area contributed by atoms with Gasteiger partial charge in [-0.3, -0.25) is 9.78 Å². The first-order valence-corrected chi connectivity index (χ1v) is 9.89. The first kappa shape index (κ1) is 19.4. The van der Waals surface area contributed by atoms with Gasteiger partial charge in [0.1, 0.15) is 5.75 Å². The predicted octanol–water partition coefficient (Wildman–Crippen LogP) is 4.90. The molecule has 4 nitrogen and oxygen atoms in total. The zero-order valence-electron chi connectivity index (χ0n) is 16.6. The summed E-state index contributed by atoms with van der Waals surface area (Å²) in [6.07, 6.45) is 5.09. The lowest BCUT2D eigenvalue weighted by molar-refractivity contribution is -0.132. The van der Waals surface area contributed by atoms with Crippen LogP contribution in [0.4, 0.5) is 0 Å². The summed E-state index contributed by atoms with van der Waals surface area (Å²) >= 11 is 0. The second kappa shape index (κ2) is 8.55. The van der Waals surface area contributed by atoms with Gasteiger partial charge in [-0.05, 0) is 54.5 Å². The summed E-state index contributed by atoms with van der Waals surface area (Å²) in [4.78, 5) is 19.1. The molecule has 0 saturated carbocycles. The molecule has 1 atom stereocenters. The summed E-state index contributed by atoms with van der Waals surface area (Å²) in [5.74, 6) is 1.07. The van der Waals surface area contributed by atoms with Crippen LogP contribution in [0, 0.1) is 0 Å². The number of ether oxygens (including phenoxy) is 1. The van der Waals surface area contributed by atoms with Gasteiger partial charge in [0.05, 0.1) is 18.3 Å². The summed E-state index contributed by atoms with van der Waals surface area (Å²) in [5, 5.41) is 0. The van der Waals surface area contributed by atoms with Crippen LogP contribution in [0.5, 0.6) is 5.75 Å². The van der Waals surface area contributed by atoms with Gasteiger partial charge in [0.15, 0.2) is 0 Å². The first-order valence-electron chi connectivity index (χ1n) is 9.89. The molecule has 0 aliphatic carbocycles. The molecule has 1 saturated heterocycles. The number of carbonyl (C=O) groups is 1. The maximum atomic E-state index is 12.6. The van der Waals surface area contributed by atoms with E-state index >= 15 is 0 Å². The fourth-order valence-electron chi connectivity index (χ4n) is 3.55. The molecule has 1 aliphatic heterocycles. The molecule has 2 aromatic rings. The summed E-state index contributed by atoms with van der Waals surface area (Å²) < 4.78 is 5.82. The first-order chi connectivity index (χ1) is 12.9. The largest absolute Gasteiger partial charge is 0.494 e. The minimum Gasteiger partial charge on any atom is -0.494 e. The lowest BCUT2D eigenvalue weighted by Gasteiger charge is -2.24. The fourth-order valence-corrected chi connectivity index (χ4v) is 3.55. The second-order valence-corrected chi connectivity index (χ2v) is 8.23. The van der Waals surface area contributed by atoms with E-state index in [9.17, 15) is 4.79 Å². The Morgan fingerprint density at radius 2 is 1.96 bits per heavy atom. The van der Waals surface area contributed by atoms with E-state index in [-0.39, 0.29) is 17.4 Å². The number of hydrogen-bond donors (Lipinski definition) is 0. The summed E-state index contributed by atoms with van der Waals surface area (Å²) in [5.41, 5.74) is 2.43. The molecular weight excluding hydrogens is 336 g/mol. The zero-order valence-corrected chi connectivity index (χ0v) is 16.6. The van der Waals surface area contributed by atoms with Crippen LogP contribution in [0.3, 0.4) is 0 Å². The van der Waals surface area contributed by atoms with Gasteiger partial charge >= 0.3 is 0 Å². The maximum absolute atomic E-state index is 12.6. The van der Waals surface area contributed by atoms with Crippen LogP contribution < -0.4 is 4.74 Å². The number of nitrogens with zero attached hydrogens (tertiary/aromatic N) is 2. The summed E-state index contributed by atoms with van der Waals surface area (Å²) in [7, 11) is 0. The van der Waals surface area contributed by atoms with Crippen molar-refractivity contribution in [3.63, 3.8) is 0 Å². The predicted molar refractivity (Wildman–Crippen MR) is 108 cm³/mol. The van der Waals surface area contributed by atoms with E-state index in [0.29, 0.717) is 13.0 Å². The minimum atomic E-state index is 0.129. The third kappa shape index (κ3) is 5.09. The maximum Gasteiger partial charge on any atom is 0.223 e. The van der Waals surface area contributed by atoms with E-state index in [4.69, 9.17) is 4.74 Å². The van der Waals surface area contributed by atoms with E-state index in [2.05, 4.69) is 37.9 Å². The summed E-state index contributed by atoms with van der Waals surface area (Å²) in [6.45, 7) is 7.99.